The molecule has 1 aromatic rings. The maximum Gasteiger partial charge on any atom is 0.573 e. The third-order valence-corrected chi connectivity index (χ3v) is 4.72. The first-order valence-electron chi connectivity index (χ1n) is 8.02. The number of hydrogen-bond acceptors (Lipinski definition) is 3. The van der Waals surface area contributed by atoms with Crippen LogP contribution in [-0.4, -0.2) is 43.7 Å². The molecular formula is C16H18BrF6NO2. The number of piperidine rings is 1. The first-order valence-corrected chi connectivity index (χ1v) is 8.81. The zero-order chi connectivity index (χ0) is 19.4. The molecule has 1 heterocycles. The zero-order valence-corrected chi connectivity index (χ0v) is 15.3. The Morgan fingerprint density at radius 2 is 1.73 bits per heavy atom. The second-order valence-electron chi connectivity index (χ2n) is 6.00. The lowest BCUT2D eigenvalue weighted by Gasteiger charge is -2.32. The van der Waals surface area contributed by atoms with Gasteiger partial charge in [0.25, 0.3) is 0 Å². The van der Waals surface area contributed by atoms with E-state index in [1.807, 2.05) is 4.90 Å². The van der Waals surface area contributed by atoms with Crippen LogP contribution in [0, 0.1) is 5.92 Å². The molecule has 1 aliphatic heterocycles. The average Bonchev–Trinajstić information content (AvgIpc) is 2.52. The fourth-order valence-corrected chi connectivity index (χ4v) is 3.11. The number of likely N-dealkylation sites (tertiary alicyclic amines) is 1. The van der Waals surface area contributed by atoms with Gasteiger partial charge >= 0.3 is 12.5 Å². The Labute approximate surface area is 155 Å². The highest BCUT2D eigenvalue weighted by Crippen LogP contribution is 2.34. The molecule has 1 aromatic carbocycles. The number of nitrogens with zero attached hydrogens (tertiary/aromatic N) is 1. The molecule has 10 heteroatoms. The second-order valence-corrected chi connectivity index (χ2v) is 6.85. The van der Waals surface area contributed by atoms with Crippen molar-refractivity contribution in [2.45, 2.75) is 31.8 Å². The van der Waals surface area contributed by atoms with Crippen LogP contribution in [0.5, 0.6) is 11.5 Å². The summed E-state index contributed by atoms with van der Waals surface area (Å²) >= 11 is 3.19. The summed E-state index contributed by atoms with van der Waals surface area (Å²) in [4.78, 5) is 1.93. The van der Waals surface area contributed by atoms with Crippen molar-refractivity contribution >= 4 is 15.9 Å². The van der Waals surface area contributed by atoms with Gasteiger partial charge in [-0.25, -0.2) is 0 Å². The minimum Gasteiger partial charge on any atom is -0.492 e. The largest absolute Gasteiger partial charge is 0.573 e. The molecule has 0 unspecified atom stereocenters. The maximum atomic E-state index is 12.6. The minimum atomic E-state index is -4.78. The summed E-state index contributed by atoms with van der Waals surface area (Å²) in [7, 11) is 0. The predicted molar refractivity (Wildman–Crippen MR) is 86.2 cm³/mol. The van der Waals surface area contributed by atoms with E-state index in [-0.39, 0.29) is 30.9 Å². The van der Waals surface area contributed by atoms with E-state index in [9.17, 15) is 26.3 Å². The first kappa shape index (κ1) is 21.1. The molecule has 3 nitrogen and oxygen atoms in total. The number of hydrogen-bond donors (Lipinski definition) is 0. The topological polar surface area (TPSA) is 21.7 Å². The smallest absolute Gasteiger partial charge is 0.492 e. The Balaban J connectivity index is 1.74. The molecule has 0 spiro atoms. The quantitative estimate of drug-likeness (QED) is 0.429. The molecule has 1 saturated heterocycles. The van der Waals surface area contributed by atoms with Gasteiger partial charge in [0.15, 0.2) is 0 Å². The molecule has 26 heavy (non-hydrogen) atoms. The van der Waals surface area contributed by atoms with Crippen LogP contribution in [0.2, 0.25) is 0 Å². The van der Waals surface area contributed by atoms with Crippen LogP contribution in [0.4, 0.5) is 26.3 Å². The molecule has 0 N–H and O–H groups in total. The van der Waals surface area contributed by atoms with Crippen molar-refractivity contribution in [3.63, 3.8) is 0 Å². The number of ether oxygens (including phenoxy) is 2. The number of alkyl halides is 6. The summed E-state index contributed by atoms with van der Waals surface area (Å²) in [5, 5.41) is 0. The monoisotopic (exact) mass is 449 g/mol. The maximum absolute atomic E-state index is 12.6. The van der Waals surface area contributed by atoms with E-state index < -0.39 is 18.5 Å². The highest BCUT2D eigenvalue weighted by molar-refractivity contribution is 9.10. The molecule has 0 saturated carbocycles. The molecule has 0 radical (unpaired) electrons. The van der Waals surface area contributed by atoms with Gasteiger partial charge in [0.2, 0.25) is 0 Å². The van der Waals surface area contributed by atoms with Crippen molar-refractivity contribution in [1.29, 1.82) is 0 Å². The van der Waals surface area contributed by atoms with Crippen molar-refractivity contribution < 1.29 is 35.8 Å². The van der Waals surface area contributed by atoms with Crippen LogP contribution < -0.4 is 9.47 Å². The number of benzene rings is 1. The predicted octanol–water partition coefficient (Wildman–Crippen LogP) is 5.39. The van der Waals surface area contributed by atoms with Crippen molar-refractivity contribution in [3.8, 4) is 11.5 Å². The molecule has 0 aromatic heterocycles. The van der Waals surface area contributed by atoms with E-state index in [1.165, 1.54) is 6.07 Å². The van der Waals surface area contributed by atoms with Gasteiger partial charge in [-0.15, -0.1) is 13.2 Å². The van der Waals surface area contributed by atoms with E-state index in [1.54, 1.807) is 0 Å². The lowest BCUT2D eigenvalue weighted by atomic mass is 9.96. The molecule has 1 aliphatic rings. The fraction of sp³-hybridized carbons (Fsp3) is 0.625. The highest BCUT2D eigenvalue weighted by atomic mass is 79.9. The Morgan fingerprint density at radius 1 is 1.08 bits per heavy atom. The van der Waals surface area contributed by atoms with E-state index in [4.69, 9.17) is 4.74 Å². The molecule has 0 bridgehead atoms. The van der Waals surface area contributed by atoms with Crippen molar-refractivity contribution in [3.05, 3.63) is 22.7 Å². The van der Waals surface area contributed by atoms with Gasteiger partial charge in [0, 0.05) is 12.6 Å². The Hall–Kier alpha value is -1.16. The summed E-state index contributed by atoms with van der Waals surface area (Å²) in [6.45, 7) is 1.56. The number of rotatable bonds is 6. The highest BCUT2D eigenvalue weighted by Gasteiger charge is 2.40. The standard InChI is InChI=1S/C16H18BrF6NO2/c17-13-3-2-12(26-16(21,22)23)10-14(13)25-9-1-6-24-7-4-11(5-8-24)15(18,19)20/h2-3,10-11H,1,4-9H2. The summed E-state index contributed by atoms with van der Waals surface area (Å²) in [5.74, 6) is -1.41. The second kappa shape index (κ2) is 8.69. The van der Waals surface area contributed by atoms with E-state index in [0.717, 1.165) is 12.1 Å². The van der Waals surface area contributed by atoms with E-state index >= 15 is 0 Å². The van der Waals surface area contributed by atoms with Gasteiger partial charge in [0.1, 0.15) is 11.5 Å². The van der Waals surface area contributed by atoms with Crippen LogP contribution in [0.1, 0.15) is 19.3 Å². The van der Waals surface area contributed by atoms with Gasteiger partial charge in [-0.2, -0.15) is 13.2 Å². The van der Waals surface area contributed by atoms with Gasteiger partial charge in [-0.05, 0) is 60.4 Å². The lowest BCUT2D eigenvalue weighted by molar-refractivity contribution is -0.274. The summed E-state index contributed by atoms with van der Waals surface area (Å²) < 4.78 is 84.3. The molecule has 2 rings (SSSR count). The third kappa shape index (κ3) is 6.86. The van der Waals surface area contributed by atoms with Crippen LogP contribution in [0.15, 0.2) is 22.7 Å². The van der Waals surface area contributed by atoms with Gasteiger partial charge in [0.05, 0.1) is 17.0 Å². The lowest BCUT2D eigenvalue weighted by Crippen LogP contribution is -2.39. The van der Waals surface area contributed by atoms with Crippen molar-refractivity contribution in [1.82, 2.24) is 4.90 Å². The molecule has 0 atom stereocenters. The van der Waals surface area contributed by atoms with Gasteiger partial charge in [-0.1, -0.05) is 0 Å². The van der Waals surface area contributed by atoms with Crippen molar-refractivity contribution in [2.24, 2.45) is 5.92 Å². The van der Waals surface area contributed by atoms with Gasteiger partial charge in [-0.3, -0.25) is 0 Å². The molecule has 0 amide bonds. The summed E-state index contributed by atoms with van der Waals surface area (Å²) in [6, 6.07) is 3.68. The Kier molecular flexibility index (Phi) is 7.06. The van der Waals surface area contributed by atoms with E-state index in [2.05, 4.69) is 20.7 Å². The minimum absolute atomic E-state index is 0.0900. The molecular weight excluding hydrogens is 432 g/mol. The normalized spacial score (nSPS) is 17.3. The molecule has 0 aliphatic carbocycles. The van der Waals surface area contributed by atoms with Gasteiger partial charge < -0.3 is 14.4 Å². The molecule has 1 fully saturated rings. The van der Waals surface area contributed by atoms with Crippen molar-refractivity contribution in [2.75, 3.05) is 26.2 Å². The average molecular weight is 450 g/mol. The van der Waals surface area contributed by atoms with Crippen LogP contribution in [0.3, 0.4) is 0 Å². The molecule has 148 valence electrons. The Morgan fingerprint density at radius 3 is 2.31 bits per heavy atom. The SMILES string of the molecule is FC(F)(F)Oc1ccc(Br)c(OCCCN2CCC(C(F)(F)F)CC2)c1. The van der Waals surface area contributed by atoms with Crippen LogP contribution >= 0.6 is 15.9 Å². The summed E-state index contributed by atoms with van der Waals surface area (Å²) in [5.41, 5.74) is 0. The van der Waals surface area contributed by atoms with Crippen LogP contribution in [-0.2, 0) is 0 Å². The van der Waals surface area contributed by atoms with E-state index in [0.29, 0.717) is 30.5 Å². The van der Waals surface area contributed by atoms with Crippen LogP contribution in [0.25, 0.3) is 0 Å². The third-order valence-electron chi connectivity index (χ3n) is 4.06. The fourth-order valence-electron chi connectivity index (χ4n) is 2.75. The zero-order valence-electron chi connectivity index (χ0n) is 13.7. The summed E-state index contributed by atoms with van der Waals surface area (Å²) in [6.07, 6.45) is -8.19. The number of halogens is 7. The first-order chi connectivity index (χ1) is 12.0. The Bertz CT molecular complexity index is 585.